The van der Waals surface area contributed by atoms with Crippen LogP contribution in [0.15, 0.2) is 53.5 Å². The zero-order chi connectivity index (χ0) is 22.7. The molecule has 0 bridgehead atoms. The zero-order valence-electron chi connectivity index (χ0n) is 18.7. The van der Waals surface area contributed by atoms with E-state index in [4.69, 9.17) is 4.74 Å². The van der Waals surface area contributed by atoms with Gasteiger partial charge in [0.1, 0.15) is 11.6 Å². The van der Waals surface area contributed by atoms with Gasteiger partial charge in [-0.05, 0) is 69.0 Å². The van der Waals surface area contributed by atoms with Crippen molar-refractivity contribution in [1.82, 2.24) is 19.9 Å². The minimum atomic E-state index is -0.556. The molecule has 4 rings (SSSR count). The molecular weight excluding hydrogens is 404 g/mol. The van der Waals surface area contributed by atoms with E-state index in [0.29, 0.717) is 36.1 Å². The molecule has 1 saturated heterocycles. The summed E-state index contributed by atoms with van der Waals surface area (Å²) in [6, 6.07) is 12.9. The molecule has 7 nitrogen and oxygen atoms in total. The van der Waals surface area contributed by atoms with E-state index in [1.807, 2.05) is 55.1 Å². The normalized spacial score (nSPS) is 15.4. The number of amides is 1. The molecule has 0 saturated carbocycles. The number of carbonyl (C=O) groups is 1. The van der Waals surface area contributed by atoms with E-state index in [1.165, 1.54) is 11.6 Å². The maximum absolute atomic E-state index is 12.9. The third-order valence-electron chi connectivity index (χ3n) is 6.02. The summed E-state index contributed by atoms with van der Waals surface area (Å²) in [5.74, 6) is 1.43. The second-order valence-corrected chi connectivity index (χ2v) is 8.34. The number of aryl methyl sites for hydroxylation is 2. The van der Waals surface area contributed by atoms with Gasteiger partial charge in [-0.25, -0.2) is 4.98 Å². The van der Waals surface area contributed by atoms with Gasteiger partial charge < -0.3 is 14.6 Å². The fourth-order valence-electron chi connectivity index (χ4n) is 3.99. The molecule has 2 aromatic heterocycles. The summed E-state index contributed by atoms with van der Waals surface area (Å²) in [6.07, 6.45) is 2.59. The Labute approximate surface area is 187 Å². The van der Waals surface area contributed by atoms with E-state index in [0.717, 1.165) is 18.4 Å². The lowest BCUT2D eigenvalue weighted by molar-refractivity contribution is -0.139. The number of H-pyrrole nitrogens is 1. The van der Waals surface area contributed by atoms with Crippen LogP contribution >= 0.6 is 0 Å². The fourth-order valence-corrected chi connectivity index (χ4v) is 3.99. The Balaban J connectivity index is 1.39. The minimum Gasteiger partial charge on any atom is -0.481 e. The number of hydrogen-bond donors (Lipinski definition) is 1. The van der Waals surface area contributed by atoms with Gasteiger partial charge in [-0.3, -0.25) is 14.6 Å². The lowest BCUT2D eigenvalue weighted by Crippen LogP contribution is -2.44. The monoisotopic (exact) mass is 432 g/mol. The van der Waals surface area contributed by atoms with E-state index < -0.39 is 6.10 Å². The van der Waals surface area contributed by atoms with Crippen LogP contribution in [-0.2, 0) is 4.79 Å². The Morgan fingerprint density at radius 1 is 1.09 bits per heavy atom. The molecule has 1 atom stereocenters. The van der Waals surface area contributed by atoms with Crippen molar-refractivity contribution in [3.63, 3.8) is 0 Å². The lowest BCUT2D eigenvalue weighted by Gasteiger charge is -2.33. The van der Waals surface area contributed by atoms with Gasteiger partial charge in [-0.2, -0.15) is 0 Å². The first-order valence-electron chi connectivity index (χ1n) is 11.0. The Morgan fingerprint density at radius 3 is 2.56 bits per heavy atom. The van der Waals surface area contributed by atoms with Crippen LogP contribution in [0.1, 0.15) is 42.6 Å². The number of nitrogens with one attached hydrogen (secondary N) is 1. The van der Waals surface area contributed by atoms with Crippen molar-refractivity contribution < 1.29 is 9.53 Å². The summed E-state index contributed by atoms with van der Waals surface area (Å²) >= 11 is 0. The molecule has 0 spiro atoms. The number of nitrogens with zero attached hydrogens (tertiary/aromatic N) is 3. The van der Waals surface area contributed by atoms with Crippen LogP contribution in [-0.4, -0.2) is 45.0 Å². The van der Waals surface area contributed by atoms with E-state index in [9.17, 15) is 9.59 Å². The molecule has 1 aliphatic rings. The van der Waals surface area contributed by atoms with Crippen LogP contribution in [0.4, 0.5) is 0 Å². The molecule has 166 valence electrons. The number of pyridine rings is 1. The molecule has 0 radical (unpaired) electrons. The van der Waals surface area contributed by atoms with Gasteiger partial charge in [-0.1, -0.05) is 12.1 Å². The number of ether oxygens (including phenoxy) is 1. The van der Waals surface area contributed by atoms with E-state index in [2.05, 4.69) is 15.0 Å². The number of piperidine rings is 1. The summed E-state index contributed by atoms with van der Waals surface area (Å²) in [5.41, 5.74) is 3.38. The van der Waals surface area contributed by atoms with Crippen LogP contribution < -0.4 is 10.3 Å². The van der Waals surface area contributed by atoms with Crippen molar-refractivity contribution in [3.8, 4) is 17.1 Å². The topological polar surface area (TPSA) is 88.2 Å². The first-order valence-corrected chi connectivity index (χ1v) is 11.0. The highest BCUT2D eigenvalue weighted by atomic mass is 16.5. The fraction of sp³-hybridized carbons (Fsp3) is 0.360. The van der Waals surface area contributed by atoms with Crippen molar-refractivity contribution in [2.24, 2.45) is 0 Å². The maximum Gasteiger partial charge on any atom is 0.263 e. The number of rotatable bonds is 5. The Hall–Kier alpha value is -3.48. The van der Waals surface area contributed by atoms with Crippen LogP contribution in [0.2, 0.25) is 0 Å². The second kappa shape index (κ2) is 9.34. The van der Waals surface area contributed by atoms with Gasteiger partial charge in [0.25, 0.3) is 11.5 Å². The Morgan fingerprint density at radius 2 is 1.88 bits per heavy atom. The molecule has 1 amide bonds. The van der Waals surface area contributed by atoms with Crippen molar-refractivity contribution in [2.75, 3.05) is 13.1 Å². The van der Waals surface area contributed by atoms with Gasteiger partial charge in [0.15, 0.2) is 6.10 Å². The van der Waals surface area contributed by atoms with Crippen LogP contribution in [0.5, 0.6) is 5.75 Å². The minimum absolute atomic E-state index is 0.0228. The molecule has 0 aliphatic carbocycles. The zero-order valence-corrected chi connectivity index (χ0v) is 18.7. The van der Waals surface area contributed by atoms with Crippen molar-refractivity contribution in [1.29, 1.82) is 0 Å². The second-order valence-electron chi connectivity index (χ2n) is 8.34. The highest BCUT2D eigenvalue weighted by Crippen LogP contribution is 2.27. The summed E-state index contributed by atoms with van der Waals surface area (Å²) in [7, 11) is 0. The number of hydrogen-bond acceptors (Lipinski definition) is 5. The summed E-state index contributed by atoms with van der Waals surface area (Å²) in [5, 5.41) is 0. The van der Waals surface area contributed by atoms with Crippen LogP contribution in [0, 0.1) is 13.8 Å². The molecule has 32 heavy (non-hydrogen) atoms. The Bertz CT molecular complexity index is 1150. The molecular formula is C25H28N4O3. The van der Waals surface area contributed by atoms with Gasteiger partial charge in [-0.15, -0.1) is 0 Å². The smallest absolute Gasteiger partial charge is 0.263 e. The largest absolute Gasteiger partial charge is 0.481 e. The standard InChI is InChI=1S/C25H28N4O3/c1-16-7-8-20(14-17(16)2)32-18(3)25(31)29-12-9-19(10-13-29)24-27-22(15-23(30)28-24)21-6-4-5-11-26-21/h4-8,11,14-15,18-19H,9-10,12-13H2,1-3H3,(H,27,28,30)/t18-/m1/s1. The van der Waals surface area contributed by atoms with Crippen LogP contribution in [0.3, 0.4) is 0 Å². The molecule has 3 heterocycles. The number of likely N-dealkylation sites (tertiary alicyclic amines) is 1. The highest BCUT2D eigenvalue weighted by molar-refractivity contribution is 5.81. The molecule has 0 unspecified atom stereocenters. The average molecular weight is 433 g/mol. The van der Waals surface area contributed by atoms with E-state index in [1.54, 1.807) is 13.1 Å². The third kappa shape index (κ3) is 4.88. The summed E-state index contributed by atoms with van der Waals surface area (Å²) in [6.45, 7) is 7.06. The predicted molar refractivity (Wildman–Crippen MR) is 123 cm³/mol. The molecule has 1 N–H and O–H groups in total. The SMILES string of the molecule is Cc1ccc(O[C@H](C)C(=O)N2CCC(c3nc(-c4ccccn4)cc(=O)[nH]3)CC2)cc1C. The van der Waals surface area contributed by atoms with E-state index in [-0.39, 0.29) is 17.4 Å². The van der Waals surface area contributed by atoms with Crippen LogP contribution in [0.25, 0.3) is 11.4 Å². The summed E-state index contributed by atoms with van der Waals surface area (Å²) < 4.78 is 5.90. The third-order valence-corrected chi connectivity index (χ3v) is 6.02. The van der Waals surface area contributed by atoms with Gasteiger partial charge in [0, 0.05) is 31.3 Å². The molecule has 1 aromatic carbocycles. The average Bonchev–Trinajstić information content (AvgIpc) is 2.81. The maximum atomic E-state index is 12.9. The van der Waals surface area contributed by atoms with E-state index >= 15 is 0 Å². The molecule has 3 aromatic rings. The van der Waals surface area contributed by atoms with Crippen molar-refractivity contribution in [2.45, 2.75) is 45.6 Å². The molecule has 1 fully saturated rings. The summed E-state index contributed by atoms with van der Waals surface area (Å²) in [4.78, 5) is 38.8. The predicted octanol–water partition coefficient (Wildman–Crippen LogP) is 3.62. The Kier molecular flexibility index (Phi) is 6.35. The quantitative estimate of drug-likeness (QED) is 0.665. The molecule has 1 aliphatic heterocycles. The van der Waals surface area contributed by atoms with Crippen molar-refractivity contribution in [3.05, 3.63) is 76.0 Å². The molecule has 7 heteroatoms. The van der Waals surface area contributed by atoms with Gasteiger partial charge >= 0.3 is 0 Å². The number of carbonyl (C=O) groups excluding carboxylic acids is 1. The lowest BCUT2D eigenvalue weighted by atomic mass is 9.95. The number of aromatic amines is 1. The first-order chi connectivity index (χ1) is 15.4. The number of aromatic nitrogens is 3. The number of benzene rings is 1. The van der Waals surface area contributed by atoms with Gasteiger partial charge in [0.2, 0.25) is 0 Å². The van der Waals surface area contributed by atoms with Gasteiger partial charge in [0.05, 0.1) is 11.4 Å². The van der Waals surface area contributed by atoms with Crippen molar-refractivity contribution >= 4 is 5.91 Å². The first kappa shape index (κ1) is 21.7. The highest BCUT2D eigenvalue weighted by Gasteiger charge is 2.29.